The topological polar surface area (TPSA) is 15.3 Å². The molecule has 2 fully saturated rings. The van der Waals surface area contributed by atoms with Crippen LogP contribution in [-0.2, 0) is 6.54 Å². The van der Waals surface area contributed by atoms with Crippen LogP contribution in [0.5, 0.6) is 0 Å². The predicted molar refractivity (Wildman–Crippen MR) is 77.3 cm³/mol. The highest BCUT2D eigenvalue weighted by atomic mass is 35.5. The number of halogens is 1. The first kappa shape index (κ1) is 12.3. The van der Waals surface area contributed by atoms with Gasteiger partial charge in [0.05, 0.1) is 10.7 Å². The Kier molecular flexibility index (Phi) is 3.49. The fourth-order valence-corrected chi connectivity index (χ4v) is 2.91. The molecule has 0 aliphatic heterocycles. The van der Waals surface area contributed by atoms with E-state index in [1.807, 2.05) is 13.1 Å². The van der Waals surface area contributed by atoms with E-state index in [9.17, 15) is 0 Å². The number of anilines is 1. The van der Waals surface area contributed by atoms with Gasteiger partial charge in [-0.1, -0.05) is 23.7 Å². The zero-order chi connectivity index (χ0) is 12.5. The molecular formula is C15H21ClN2. The molecule has 0 heterocycles. The van der Waals surface area contributed by atoms with Crippen molar-refractivity contribution < 1.29 is 0 Å². The van der Waals surface area contributed by atoms with Crippen LogP contribution in [0.1, 0.15) is 31.2 Å². The van der Waals surface area contributed by atoms with Crippen LogP contribution in [0.4, 0.5) is 5.69 Å². The number of hydrogen-bond acceptors (Lipinski definition) is 2. The quantitative estimate of drug-likeness (QED) is 0.847. The van der Waals surface area contributed by atoms with E-state index in [1.165, 1.54) is 43.5 Å². The van der Waals surface area contributed by atoms with Gasteiger partial charge in [0, 0.05) is 19.1 Å². The summed E-state index contributed by atoms with van der Waals surface area (Å²) in [6.07, 6.45) is 5.46. The molecule has 2 nitrogen and oxygen atoms in total. The van der Waals surface area contributed by atoms with Crippen LogP contribution in [0.3, 0.4) is 0 Å². The number of nitrogens with one attached hydrogen (secondary N) is 1. The molecule has 0 radical (unpaired) electrons. The van der Waals surface area contributed by atoms with Crippen molar-refractivity contribution in [2.75, 3.05) is 18.5 Å². The highest BCUT2D eigenvalue weighted by Gasteiger charge is 2.35. The second-order valence-electron chi connectivity index (χ2n) is 5.60. The highest BCUT2D eigenvalue weighted by molar-refractivity contribution is 6.33. The van der Waals surface area contributed by atoms with Gasteiger partial charge in [0.25, 0.3) is 0 Å². The van der Waals surface area contributed by atoms with Gasteiger partial charge in [-0.3, -0.25) is 0 Å². The molecule has 18 heavy (non-hydrogen) atoms. The molecule has 2 saturated carbocycles. The molecule has 2 aliphatic carbocycles. The molecule has 1 aromatic carbocycles. The largest absolute Gasteiger partial charge is 0.367 e. The van der Waals surface area contributed by atoms with Crippen LogP contribution in [0, 0.1) is 5.92 Å². The SMILES string of the molecule is CNCc1cccc(Cl)c1N(CC1CC1)C1CC1. The Labute approximate surface area is 114 Å². The molecule has 3 heteroatoms. The lowest BCUT2D eigenvalue weighted by atomic mass is 10.1. The number of nitrogens with zero attached hydrogens (tertiary/aromatic N) is 1. The van der Waals surface area contributed by atoms with Crippen molar-refractivity contribution in [1.82, 2.24) is 5.32 Å². The van der Waals surface area contributed by atoms with Gasteiger partial charge in [-0.2, -0.15) is 0 Å². The molecule has 98 valence electrons. The van der Waals surface area contributed by atoms with Gasteiger partial charge < -0.3 is 10.2 Å². The average Bonchev–Trinajstić information content (AvgIpc) is 3.22. The zero-order valence-electron chi connectivity index (χ0n) is 11.0. The first-order valence-corrected chi connectivity index (χ1v) is 7.36. The van der Waals surface area contributed by atoms with E-state index in [4.69, 9.17) is 11.6 Å². The smallest absolute Gasteiger partial charge is 0.0643 e. The molecule has 0 saturated heterocycles. The summed E-state index contributed by atoms with van der Waals surface area (Å²) >= 11 is 6.47. The van der Waals surface area contributed by atoms with Crippen molar-refractivity contribution in [3.05, 3.63) is 28.8 Å². The Morgan fingerprint density at radius 3 is 2.67 bits per heavy atom. The van der Waals surface area contributed by atoms with E-state index in [0.29, 0.717) is 0 Å². The van der Waals surface area contributed by atoms with Gasteiger partial charge in [0.2, 0.25) is 0 Å². The van der Waals surface area contributed by atoms with Gasteiger partial charge in [-0.05, 0) is 50.3 Å². The summed E-state index contributed by atoms with van der Waals surface area (Å²) in [7, 11) is 1.99. The Balaban J connectivity index is 1.90. The molecule has 0 amide bonds. The lowest BCUT2D eigenvalue weighted by Crippen LogP contribution is -2.30. The fraction of sp³-hybridized carbons (Fsp3) is 0.600. The zero-order valence-corrected chi connectivity index (χ0v) is 11.7. The van der Waals surface area contributed by atoms with Crippen molar-refractivity contribution in [1.29, 1.82) is 0 Å². The molecular weight excluding hydrogens is 244 g/mol. The summed E-state index contributed by atoms with van der Waals surface area (Å²) in [5.41, 5.74) is 2.61. The highest BCUT2D eigenvalue weighted by Crippen LogP contribution is 2.41. The molecule has 0 spiro atoms. The maximum atomic E-state index is 6.47. The Bertz CT molecular complexity index is 425. The summed E-state index contributed by atoms with van der Waals surface area (Å²) < 4.78 is 0. The minimum Gasteiger partial charge on any atom is -0.367 e. The normalized spacial score (nSPS) is 19.0. The van der Waals surface area contributed by atoms with Crippen LogP contribution < -0.4 is 10.2 Å². The van der Waals surface area contributed by atoms with E-state index in [0.717, 1.165) is 23.5 Å². The van der Waals surface area contributed by atoms with Crippen LogP contribution >= 0.6 is 11.6 Å². The summed E-state index contributed by atoms with van der Waals surface area (Å²) in [4.78, 5) is 2.58. The van der Waals surface area contributed by atoms with Crippen LogP contribution in [-0.4, -0.2) is 19.6 Å². The van der Waals surface area contributed by atoms with Gasteiger partial charge >= 0.3 is 0 Å². The first-order valence-electron chi connectivity index (χ1n) is 6.98. The second kappa shape index (κ2) is 5.10. The number of benzene rings is 1. The van der Waals surface area contributed by atoms with E-state index in [-0.39, 0.29) is 0 Å². The Morgan fingerprint density at radius 2 is 2.06 bits per heavy atom. The van der Waals surface area contributed by atoms with Crippen molar-refractivity contribution in [2.24, 2.45) is 5.92 Å². The molecule has 0 unspecified atom stereocenters. The van der Waals surface area contributed by atoms with E-state index in [2.05, 4.69) is 22.3 Å². The average molecular weight is 265 g/mol. The third-order valence-electron chi connectivity index (χ3n) is 3.86. The Morgan fingerprint density at radius 1 is 1.28 bits per heavy atom. The predicted octanol–water partition coefficient (Wildman–Crippen LogP) is 3.44. The Hall–Kier alpha value is -0.730. The van der Waals surface area contributed by atoms with Crippen molar-refractivity contribution >= 4 is 17.3 Å². The maximum Gasteiger partial charge on any atom is 0.0643 e. The number of rotatable bonds is 6. The van der Waals surface area contributed by atoms with Crippen LogP contribution in [0.25, 0.3) is 0 Å². The monoisotopic (exact) mass is 264 g/mol. The fourth-order valence-electron chi connectivity index (χ4n) is 2.60. The van der Waals surface area contributed by atoms with Crippen molar-refractivity contribution in [3.63, 3.8) is 0 Å². The minimum atomic E-state index is 0.737. The molecule has 2 aliphatic rings. The molecule has 1 aromatic rings. The molecule has 1 N–H and O–H groups in total. The standard InChI is InChI=1S/C15H21ClN2/c1-17-9-12-3-2-4-14(16)15(12)18(13-7-8-13)10-11-5-6-11/h2-4,11,13,17H,5-10H2,1H3. The summed E-state index contributed by atoms with van der Waals surface area (Å²) in [5.74, 6) is 0.907. The van der Waals surface area contributed by atoms with E-state index < -0.39 is 0 Å². The lowest BCUT2D eigenvalue weighted by molar-refractivity contribution is 0.709. The molecule has 0 atom stereocenters. The van der Waals surface area contributed by atoms with Gasteiger partial charge in [0.1, 0.15) is 0 Å². The van der Waals surface area contributed by atoms with Crippen molar-refractivity contribution in [2.45, 2.75) is 38.3 Å². The van der Waals surface area contributed by atoms with Crippen LogP contribution in [0.2, 0.25) is 5.02 Å². The summed E-state index contributed by atoms with van der Waals surface area (Å²) in [5, 5.41) is 4.16. The van der Waals surface area contributed by atoms with Crippen LogP contribution in [0.15, 0.2) is 18.2 Å². The van der Waals surface area contributed by atoms with Gasteiger partial charge in [-0.15, -0.1) is 0 Å². The third-order valence-corrected chi connectivity index (χ3v) is 4.17. The molecule has 3 rings (SSSR count). The minimum absolute atomic E-state index is 0.737. The first-order chi connectivity index (χ1) is 8.79. The lowest BCUT2D eigenvalue weighted by Gasteiger charge is -2.28. The third kappa shape index (κ3) is 2.65. The summed E-state index contributed by atoms with van der Waals surface area (Å²) in [6.45, 7) is 2.09. The van der Waals surface area contributed by atoms with Crippen molar-refractivity contribution in [3.8, 4) is 0 Å². The van der Waals surface area contributed by atoms with Gasteiger partial charge in [0.15, 0.2) is 0 Å². The molecule has 0 aromatic heterocycles. The molecule has 0 bridgehead atoms. The maximum absolute atomic E-state index is 6.47. The number of hydrogen-bond donors (Lipinski definition) is 1. The second-order valence-corrected chi connectivity index (χ2v) is 6.01. The number of para-hydroxylation sites is 1. The van der Waals surface area contributed by atoms with Gasteiger partial charge in [-0.25, -0.2) is 0 Å². The summed E-state index contributed by atoms with van der Waals surface area (Å²) in [6, 6.07) is 7.01. The van der Waals surface area contributed by atoms with E-state index in [1.54, 1.807) is 0 Å². The van der Waals surface area contributed by atoms with E-state index >= 15 is 0 Å².